The van der Waals surface area contributed by atoms with E-state index < -0.39 is 5.97 Å². The van der Waals surface area contributed by atoms with Gasteiger partial charge in [-0.25, -0.2) is 9.78 Å². The summed E-state index contributed by atoms with van der Waals surface area (Å²) in [5.74, 6) is -0.621. The van der Waals surface area contributed by atoms with Crippen molar-refractivity contribution in [1.29, 1.82) is 0 Å². The number of halogens is 1. The van der Waals surface area contributed by atoms with Crippen molar-refractivity contribution in [1.82, 2.24) is 4.98 Å². The largest absolute Gasteiger partial charge is 0.456 e. The number of carbonyl (C=O) groups is 2. The number of hydrogen-bond acceptors (Lipinski definition) is 5. The fourth-order valence-electron chi connectivity index (χ4n) is 2.25. The summed E-state index contributed by atoms with van der Waals surface area (Å²) in [5, 5.41) is 5.89. The number of thiazole rings is 1. The normalized spacial score (nSPS) is 10.4. The van der Waals surface area contributed by atoms with Gasteiger partial charge in [0.05, 0.1) is 16.3 Å². The molecule has 26 heavy (non-hydrogen) atoms. The van der Waals surface area contributed by atoms with E-state index in [4.69, 9.17) is 16.3 Å². The average Bonchev–Trinajstić information content (AvgIpc) is 3.09. The van der Waals surface area contributed by atoms with Crippen LogP contribution < -0.4 is 5.32 Å². The first kappa shape index (κ1) is 18.1. The molecule has 0 saturated heterocycles. The molecule has 1 N–H and O–H groups in total. The van der Waals surface area contributed by atoms with Crippen molar-refractivity contribution in [3.63, 3.8) is 0 Å². The van der Waals surface area contributed by atoms with Crippen LogP contribution in [-0.4, -0.2) is 16.9 Å². The lowest BCUT2D eigenvalue weighted by atomic mass is 10.2. The highest BCUT2D eigenvalue weighted by Crippen LogP contribution is 2.30. The van der Waals surface area contributed by atoms with Crippen molar-refractivity contribution in [2.45, 2.75) is 13.5 Å². The lowest BCUT2D eigenvalue weighted by Crippen LogP contribution is -2.08. The van der Waals surface area contributed by atoms with E-state index in [9.17, 15) is 9.59 Å². The number of aromatic nitrogens is 1. The number of nitrogens with zero attached hydrogens (tertiary/aromatic N) is 1. The van der Waals surface area contributed by atoms with E-state index in [0.29, 0.717) is 22.0 Å². The minimum Gasteiger partial charge on any atom is -0.456 e. The van der Waals surface area contributed by atoms with Gasteiger partial charge in [0.1, 0.15) is 11.6 Å². The molecule has 132 valence electrons. The number of benzene rings is 2. The summed E-state index contributed by atoms with van der Waals surface area (Å²) in [7, 11) is 0. The van der Waals surface area contributed by atoms with E-state index in [-0.39, 0.29) is 12.5 Å². The predicted molar refractivity (Wildman–Crippen MR) is 102 cm³/mol. The number of nitrogens with one attached hydrogen (secondary N) is 1. The second-order valence-electron chi connectivity index (χ2n) is 5.46. The summed E-state index contributed by atoms with van der Waals surface area (Å²) in [6.45, 7) is 1.50. The fraction of sp³-hybridized carbons (Fsp3) is 0.105. The van der Waals surface area contributed by atoms with Crippen molar-refractivity contribution in [3.8, 4) is 10.6 Å². The van der Waals surface area contributed by atoms with Crippen molar-refractivity contribution < 1.29 is 14.3 Å². The molecule has 7 heteroatoms. The van der Waals surface area contributed by atoms with E-state index in [1.807, 2.05) is 29.6 Å². The van der Waals surface area contributed by atoms with Crippen molar-refractivity contribution in [2.24, 2.45) is 0 Å². The van der Waals surface area contributed by atoms with Gasteiger partial charge < -0.3 is 10.1 Å². The number of carbonyl (C=O) groups excluding carboxylic acids is 2. The summed E-state index contributed by atoms with van der Waals surface area (Å²) < 4.78 is 5.30. The van der Waals surface area contributed by atoms with Gasteiger partial charge in [-0.05, 0) is 30.3 Å². The first-order valence-electron chi connectivity index (χ1n) is 7.77. The van der Waals surface area contributed by atoms with Crippen LogP contribution in [0.3, 0.4) is 0 Å². The topological polar surface area (TPSA) is 68.3 Å². The van der Waals surface area contributed by atoms with Crippen LogP contribution in [0.5, 0.6) is 0 Å². The third-order valence-corrected chi connectivity index (χ3v) is 4.70. The molecule has 2 aromatic carbocycles. The fourth-order valence-corrected chi connectivity index (χ4v) is 3.37. The molecule has 0 fully saturated rings. The smallest absolute Gasteiger partial charge is 0.338 e. The molecule has 0 atom stereocenters. The molecule has 1 amide bonds. The molecule has 3 rings (SSSR count). The zero-order valence-corrected chi connectivity index (χ0v) is 15.4. The molecule has 0 saturated carbocycles. The maximum absolute atomic E-state index is 12.1. The van der Waals surface area contributed by atoms with Crippen LogP contribution in [0.2, 0.25) is 5.02 Å². The summed E-state index contributed by atoms with van der Waals surface area (Å²) in [6, 6.07) is 14.0. The van der Waals surface area contributed by atoms with Crippen LogP contribution >= 0.6 is 22.9 Å². The lowest BCUT2D eigenvalue weighted by molar-refractivity contribution is -0.114. The molecule has 1 aromatic heterocycles. The lowest BCUT2D eigenvalue weighted by Gasteiger charge is -2.05. The Morgan fingerprint density at radius 1 is 1.15 bits per heavy atom. The number of anilines is 1. The SMILES string of the molecule is CC(=O)Nc1ccc(C(=O)OCc2csc(-c3ccccc3Cl)n2)cc1. The Kier molecular flexibility index (Phi) is 5.65. The van der Waals surface area contributed by atoms with Gasteiger partial charge in [0.25, 0.3) is 0 Å². The van der Waals surface area contributed by atoms with Gasteiger partial charge in [0, 0.05) is 23.6 Å². The first-order valence-corrected chi connectivity index (χ1v) is 9.03. The highest BCUT2D eigenvalue weighted by molar-refractivity contribution is 7.13. The Morgan fingerprint density at radius 2 is 1.88 bits per heavy atom. The number of ether oxygens (including phenoxy) is 1. The Bertz CT molecular complexity index is 938. The van der Waals surface area contributed by atoms with E-state index >= 15 is 0 Å². The Morgan fingerprint density at radius 3 is 2.58 bits per heavy atom. The molecule has 0 aliphatic rings. The second kappa shape index (κ2) is 8.12. The van der Waals surface area contributed by atoms with Crippen LogP contribution in [0.25, 0.3) is 10.6 Å². The highest BCUT2D eigenvalue weighted by Gasteiger charge is 2.11. The summed E-state index contributed by atoms with van der Waals surface area (Å²) in [6.07, 6.45) is 0. The van der Waals surface area contributed by atoms with Gasteiger partial charge in [-0.2, -0.15) is 0 Å². The predicted octanol–water partition coefficient (Wildman–Crippen LogP) is 4.78. The molecular weight excluding hydrogens is 372 g/mol. The van der Waals surface area contributed by atoms with Crippen molar-refractivity contribution in [2.75, 3.05) is 5.32 Å². The minimum atomic E-state index is -0.452. The average molecular weight is 387 g/mol. The second-order valence-corrected chi connectivity index (χ2v) is 6.72. The van der Waals surface area contributed by atoms with Gasteiger partial charge in [-0.1, -0.05) is 29.8 Å². The molecule has 1 heterocycles. The quantitative estimate of drug-likeness (QED) is 0.641. The van der Waals surface area contributed by atoms with Crippen LogP contribution in [-0.2, 0) is 16.1 Å². The third-order valence-electron chi connectivity index (χ3n) is 3.45. The molecule has 0 spiro atoms. The molecule has 3 aromatic rings. The number of rotatable bonds is 5. The third kappa shape index (κ3) is 4.47. The molecule has 0 radical (unpaired) electrons. The highest BCUT2D eigenvalue weighted by atomic mass is 35.5. The Balaban J connectivity index is 1.61. The summed E-state index contributed by atoms with van der Waals surface area (Å²) >= 11 is 7.62. The molecule has 0 bridgehead atoms. The van der Waals surface area contributed by atoms with E-state index in [1.54, 1.807) is 24.3 Å². The first-order chi connectivity index (χ1) is 12.5. The summed E-state index contributed by atoms with van der Waals surface area (Å²) in [5.41, 5.74) is 2.54. The van der Waals surface area contributed by atoms with Gasteiger partial charge in [0.15, 0.2) is 0 Å². The van der Waals surface area contributed by atoms with E-state index in [0.717, 1.165) is 10.6 Å². The molecule has 0 aliphatic carbocycles. The van der Waals surface area contributed by atoms with Gasteiger partial charge in [-0.3, -0.25) is 4.79 Å². The van der Waals surface area contributed by atoms with Gasteiger partial charge >= 0.3 is 5.97 Å². The molecular formula is C19H15ClN2O3S. The maximum atomic E-state index is 12.1. The number of hydrogen-bond donors (Lipinski definition) is 1. The standard InChI is InChI=1S/C19H15ClN2O3S/c1-12(23)21-14-8-6-13(7-9-14)19(24)25-10-15-11-26-18(22-15)16-4-2-3-5-17(16)20/h2-9,11H,10H2,1H3,(H,21,23). The zero-order valence-electron chi connectivity index (χ0n) is 13.9. The molecule has 0 aliphatic heterocycles. The zero-order chi connectivity index (χ0) is 18.5. The van der Waals surface area contributed by atoms with Gasteiger partial charge in [0.2, 0.25) is 5.91 Å². The van der Waals surface area contributed by atoms with Crippen LogP contribution in [0.1, 0.15) is 23.0 Å². The van der Waals surface area contributed by atoms with Crippen LogP contribution in [0.4, 0.5) is 5.69 Å². The van der Waals surface area contributed by atoms with Crippen LogP contribution in [0, 0.1) is 0 Å². The Labute approximate surface area is 159 Å². The molecule has 0 unspecified atom stereocenters. The van der Waals surface area contributed by atoms with Crippen molar-refractivity contribution in [3.05, 3.63) is 70.2 Å². The maximum Gasteiger partial charge on any atom is 0.338 e. The van der Waals surface area contributed by atoms with Crippen molar-refractivity contribution >= 4 is 40.5 Å². The molecule has 5 nitrogen and oxygen atoms in total. The summed E-state index contributed by atoms with van der Waals surface area (Å²) in [4.78, 5) is 27.6. The van der Waals surface area contributed by atoms with E-state index in [1.165, 1.54) is 18.3 Å². The van der Waals surface area contributed by atoms with Gasteiger partial charge in [-0.15, -0.1) is 11.3 Å². The minimum absolute atomic E-state index is 0.0766. The number of esters is 1. The van der Waals surface area contributed by atoms with Crippen LogP contribution in [0.15, 0.2) is 53.9 Å². The van der Waals surface area contributed by atoms with E-state index in [2.05, 4.69) is 10.3 Å². The Hall–Kier alpha value is -2.70. The number of amides is 1. The monoisotopic (exact) mass is 386 g/mol.